The molecule has 8 nitrogen and oxygen atoms in total. The molecule has 8 heteroatoms. The Morgan fingerprint density at radius 2 is 2.08 bits per heavy atom. The Bertz CT molecular complexity index is 686. The number of nitrogens with zero attached hydrogens (tertiary/aromatic N) is 4. The molecule has 1 unspecified atom stereocenters. The van der Waals surface area contributed by atoms with Gasteiger partial charge in [0, 0.05) is 44.9 Å². The number of nitro benzene ring substituents is 1. The predicted molar refractivity (Wildman–Crippen MR) is 85.6 cm³/mol. The SMILES string of the molecule is N#Cc1cc([N+](=O)[O-])ccc1N1CCN(C(=O)C2CCCO2)CC1. The maximum Gasteiger partial charge on any atom is 0.270 e. The van der Waals surface area contributed by atoms with E-state index in [4.69, 9.17) is 4.74 Å². The van der Waals surface area contributed by atoms with Crippen molar-refractivity contribution in [3.8, 4) is 6.07 Å². The quantitative estimate of drug-likeness (QED) is 0.611. The smallest absolute Gasteiger partial charge is 0.270 e. The highest BCUT2D eigenvalue weighted by Crippen LogP contribution is 2.26. The Kier molecular flexibility index (Phi) is 4.62. The van der Waals surface area contributed by atoms with Gasteiger partial charge in [0.05, 0.1) is 16.2 Å². The zero-order valence-corrected chi connectivity index (χ0v) is 13.2. The van der Waals surface area contributed by atoms with Crippen molar-refractivity contribution in [2.45, 2.75) is 18.9 Å². The van der Waals surface area contributed by atoms with E-state index in [1.165, 1.54) is 12.1 Å². The molecular formula is C16H18N4O4. The first kappa shape index (κ1) is 16.2. The first-order valence-corrected chi connectivity index (χ1v) is 7.94. The summed E-state index contributed by atoms with van der Waals surface area (Å²) in [5, 5.41) is 20.1. The fourth-order valence-electron chi connectivity index (χ4n) is 3.15. The van der Waals surface area contributed by atoms with Crippen molar-refractivity contribution in [1.82, 2.24) is 4.90 Å². The molecule has 0 aliphatic carbocycles. The normalized spacial score (nSPS) is 20.7. The first-order chi connectivity index (χ1) is 11.6. The Balaban J connectivity index is 1.67. The fourth-order valence-corrected chi connectivity index (χ4v) is 3.15. The van der Waals surface area contributed by atoms with Gasteiger partial charge in [0.2, 0.25) is 0 Å². The molecule has 2 saturated heterocycles. The van der Waals surface area contributed by atoms with Crippen molar-refractivity contribution < 1.29 is 14.5 Å². The van der Waals surface area contributed by atoms with Crippen LogP contribution < -0.4 is 4.90 Å². The molecule has 0 N–H and O–H groups in total. The molecule has 0 spiro atoms. The summed E-state index contributed by atoms with van der Waals surface area (Å²) in [5.74, 6) is 0.0383. The van der Waals surface area contributed by atoms with Gasteiger partial charge in [0.1, 0.15) is 12.2 Å². The molecule has 0 aromatic heterocycles. The summed E-state index contributed by atoms with van der Waals surface area (Å²) in [4.78, 5) is 26.4. The number of hydrogen-bond donors (Lipinski definition) is 0. The van der Waals surface area contributed by atoms with Crippen LogP contribution in [0.1, 0.15) is 18.4 Å². The molecule has 2 fully saturated rings. The molecule has 1 amide bonds. The second kappa shape index (κ2) is 6.84. The lowest BCUT2D eigenvalue weighted by molar-refractivity contribution is -0.384. The first-order valence-electron chi connectivity index (χ1n) is 7.94. The number of nitriles is 1. The predicted octanol–water partition coefficient (Wildman–Crippen LogP) is 1.29. The van der Waals surface area contributed by atoms with E-state index in [1.807, 2.05) is 11.0 Å². The standard InChI is InChI=1S/C16H18N4O4/c17-11-12-10-13(20(22)23)3-4-14(12)18-5-7-19(8-6-18)16(21)15-2-1-9-24-15/h3-4,10,15H,1-2,5-9H2. The van der Waals surface area contributed by atoms with E-state index in [9.17, 15) is 20.2 Å². The molecule has 2 heterocycles. The van der Waals surface area contributed by atoms with Crippen LogP contribution in [0, 0.1) is 21.4 Å². The van der Waals surface area contributed by atoms with Crippen LogP contribution in [0.4, 0.5) is 11.4 Å². The van der Waals surface area contributed by atoms with Gasteiger partial charge in [-0.2, -0.15) is 5.26 Å². The van der Waals surface area contributed by atoms with E-state index in [1.54, 1.807) is 11.0 Å². The maximum absolute atomic E-state index is 12.3. The number of carbonyl (C=O) groups is 1. The number of rotatable bonds is 3. The second-order valence-corrected chi connectivity index (χ2v) is 5.88. The lowest BCUT2D eigenvalue weighted by Crippen LogP contribution is -2.51. The highest BCUT2D eigenvalue weighted by Gasteiger charge is 2.30. The van der Waals surface area contributed by atoms with E-state index in [0.29, 0.717) is 38.5 Å². The zero-order valence-electron chi connectivity index (χ0n) is 13.2. The number of hydrogen-bond acceptors (Lipinski definition) is 6. The fraction of sp³-hybridized carbons (Fsp3) is 0.500. The number of amides is 1. The summed E-state index contributed by atoms with van der Waals surface area (Å²) in [6.07, 6.45) is 1.38. The van der Waals surface area contributed by atoms with Crippen LogP contribution in [0.2, 0.25) is 0 Å². The van der Waals surface area contributed by atoms with E-state index in [2.05, 4.69) is 0 Å². The lowest BCUT2D eigenvalue weighted by Gasteiger charge is -2.37. The Morgan fingerprint density at radius 1 is 1.33 bits per heavy atom. The van der Waals surface area contributed by atoms with E-state index >= 15 is 0 Å². The summed E-state index contributed by atoms with van der Waals surface area (Å²) in [5.41, 5.74) is 0.859. The van der Waals surface area contributed by atoms with Crippen molar-refractivity contribution in [2.75, 3.05) is 37.7 Å². The summed E-state index contributed by atoms with van der Waals surface area (Å²) in [7, 11) is 0. The van der Waals surface area contributed by atoms with Gasteiger partial charge in [-0.3, -0.25) is 14.9 Å². The summed E-state index contributed by atoms with van der Waals surface area (Å²) in [6.45, 7) is 2.93. The van der Waals surface area contributed by atoms with Gasteiger partial charge in [0.25, 0.3) is 11.6 Å². The van der Waals surface area contributed by atoms with Crippen molar-refractivity contribution in [3.05, 3.63) is 33.9 Å². The molecule has 2 aliphatic rings. The number of nitro groups is 1. The number of anilines is 1. The van der Waals surface area contributed by atoms with Crippen LogP contribution in [0.3, 0.4) is 0 Å². The molecule has 126 valence electrons. The van der Waals surface area contributed by atoms with Gasteiger partial charge in [-0.25, -0.2) is 0 Å². The average molecular weight is 330 g/mol. The monoisotopic (exact) mass is 330 g/mol. The molecule has 1 atom stereocenters. The third-order valence-corrected chi connectivity index (χ3v) is 4.45. The summed E-state index contributed by atoms with van der Waals surface area (Å²) >= 11 is 0. The largest absolute Gasteiger partial charge is 0.368 e. The highest BCUT2D eigenvalue weighted by molar-refractivity contribution is 5.81. The van der Waals surface area contributed by atoms with Crippen molar-refractivity contribution >= 4 is 17.3 Å². The van der Waals surface area contributed by atoms with Gasteiger partial charge >= 0.3 is 0 Å². The van der Waals surface area contributed by atoms with Gasteiger partial charge < -0.3 is 14.5 Å². The molecule has 3 rings (SSSR count). The van der Waals surface area contributed by atoms with E-state index < -0.39 is 4.92 Å². The molecule has 0 bridgehead atoms. The maximum atomic E-state index is 12.3. The van der Waals surface area contributed by atoms with E-state index in [-0.39, 0.29) is 23.3 Å². The van der Waals surface area contributed by atoms with E-state index in [0.717, 1.165) is 12.8 Å². The topological polar surface area (TPSA) is 99.7 Å². The van der Waals surface area contributed by atoms with Crippen LogP contribution in [0.25, 0.3) is 0 Å². The van der Waals surface area contributed by atoms with Crippen LogP contribution in [0.5, 0.6) is 0 Å². The molecule has 1 aromatic rings. The number of piperazine rings is 1. The van der Waals surface area contributed by atoms with Crippen LogP contribution in [-0.2, 0) is 9.53 Å². The number of carbonyl (C=O) groups excluding carboxylic acids is 1. The highest BCUT2D eigenvalue weighted by atomic mass is 16.6. The minimum atomic E-state index is -0.511. The summed E-state index contributed by atoms with van der Waals surface area (Å²) in [6, 6.07) is 6.32. The number of benzene rings is 1. The zero-order chi connectivity index (χ0) is 17.1. The van der Waals surface area contributed by atoms with Gasteiger partial charge in [-0.05, 0) is 18.9 Å². The lowest BCUT2D eigenvalue weighted by atomic mass is 10.1. The van der Waals surface area contributed by atoms with Crippen LogP contribution in [-0.4, -0.2) is 54.6 Å². The minimum absolute atomic E-state index is 0.0383. The van der Waals surface area contributed by atoms with Crippen molar-refractivity contribution in [2.24, 2.45) is 0 Å². The van der Waals surface area contributed by atoms with Crippen LogP contribution >= 0.6 is 0 Å². The Hall–Kier alpha value is -2.66. The molecule has 1 aromatic carbocycles. The second-order valence-electron chi connectivity index (χ2n) is 5.88. The average Bonchev–Trinajstić information content (AvgIpc) is 3.15. The van der Waals surface area contributed by atoms with Gasteiger partial charge in [-0.1, -0.05) is 0 Å². The number of ether oxygens (including phenoxy) is 1. The molecule has 24 heavy (non-hydrogen) atoms. The minimum Gasteiger partial charge on any atom is -0.368 e. The third-order valence-electron chi connectivity index (χ3n) is 4.45. The third kappa shape index (κ3) is 3.16. The van der Waals surface area contributed by atoms with Crippen LogP contribution in [0.15, 0.2) is 18.2 Å². The molecule has 2 aliphatic heterocycles. The Morgan fingerprint density at radius 3 is 2.67 bits per heavy atom. The Labute approximate surface area is 139 Å². The van der Waals surface area contributed by atoms with Gasteiger partial charge in [-0.15, -0.1) is 0 Å². The molecule has 0 saturated carbocycles. The van der Waals surface area contributed by atoms with Crippen molar-refractivity contribution in [3.63, 3.8) is 0 Å². The van der Waals surface area contributed by atoms with Crippen molar-refractivity contribution in [1.29, 1.82) is 5.26 Å². The molecule has 0 radical (unpaired) electrons. The van der Waals surface area contributed by atoms with Gasteiger partial charge in [0.15, 0.2) is 0 Å². The molecular weight excluding hydrogens is 312 g/mol. The number of non-ortho nitro benzene ring substituents is 1. The summed E-state index contributed by atoms with van der Waals surface area (Å²) < 4.78 is 5.44.